The van der Waals surface area contributed by atoms with Gasteiger partial charge in [0.1, 0.15) is 12.1 Å². The van der Waals surface area contributed by atoms with E-state index in [1.165, 1.54) is 4.90 Å². The summed E-state index contributed by atoms with van der Waals surface area (Å²) < 4.78 is 5.72. The van der Waals surface area contributed by atoms with Crippen molar-refractivity contribution in [3.63, 3.8) is 0 Å². The topological polar surface area (TPSA) is 70.7 Å². The number of amides is 2. The number of nitrogens with zero attached hydrogens (tertiary/aromatic N) is 1. The van der Waals surface area contributed by atoms with Gasteiger partial charge in [-0.25, -0.2) is 0 Å². The molecule has 6 heteroatoms. The summed E-state index contributed by atoms with van der Waals surface area (Å²) in [5.74, 6) is -0.375. The minimum Gasteiger partial charge on any atom is -0.375 e. The summed E-state index contributed by atoms with van der Waals surface area (Å²) in [5.41, 5.74) is 2.04. The predicted molar refractivity (Wildman–Crippen MR) is 110 cm³/mol. The lowest BCUT2D eigenvalue weighted by molar-refractivity contribution is -0.141. The summed E-state index contributed by atoms with van der Waals surface area (Å²) in [4.78, 5) is 26.9. The van der Waals surface area contributed by atoms with Gasteiger partial charge in [-0.15, -0.1) is 0 Å². The lowest BCUT2D eigenvalue weighted by Gasteiger charge is -2.30. The Labute approximate surface area is 166 Å². The Bertz CT molecular complexity index is 737. The Kier molecular flexibility index (Phi) is 8.65. The van der Waals surface area contributed by atoms with E-state index < -0.39 is 12.1 Å². The summed E-state index contributed by atoms with van der Waals surface area (Å²) in [6.07, 6.45) is 0.448. The van der Waals surface area contributed by atoms with E-state index in [1.807, 2.05) is 60.7 Å². The van der Waals surface area contributed by atoms with Crippen LogP contribution in [0.25, 0.3) is 0 Å². The number of ether oxygens (including phenoxy) is 1. The number of rotatable bonds is 10. The first kappa shape index (κ1) is 21.6. The number of carbonyl (C=O) groups excluding carboxylic acids is 2. The number of carbonyl (C=O) groups is 2. The zero-order chi connectivity index (χ0) is 20.4. The molecule has 0 aliphatic rings. The van der Waals surface area contributed by atoms with Gasteiger partial charge in [-0.05, 0) is 18.2 Å². The highest BCUT2D eigenvalue weighted by Gasteiger charge is 2.30. The number of likely N-dealkylation sites (N-methyl/N-ethyl adjacent to an activating group) is 3. The Morgan fingerprint density at radius 1 is 0.964 bits per heavy atom. The van der Waals surface area contributed by atoms with Crippen LogP contribution >= 0.6 is 0 Å². The SMILES string of the molecule is CNC(=O)C(Cc1ccccc1)N(C)C(=O)C(COCc1ccccc1)NC. The first-order valence-electron chi connectivity index (χ1n) is 9.38. The molecule has 0 aliphatic heterocycles. The molecule has 2 atom stereocenters. The highest BCUT2D eigenvalue weighted by molar-refractivity contribution is 5.89. The maximum absolute atomic E-state index is 13.0. The first-order valence-corrected chi connectivity index (χ1v) is 9.38. The molecule has 2 rings (SSSR count). The molecule has 0 heterocycles. The van der Waals surface area contributed by atoms with Crippen molar-refractivity contribution in [2.45, 2.75) is 25.1 Å². The molecule has 0 fully saturated rings. The fourth-order valence-electron chi connectivity index (χ4n) is 2.96. The fourth-order valence-corrected chi connectivity index (χ4v) is 2.96. The normalized spacial score (nSPS) is 12.8. The number of hydrogen-bond donors (Lipinski definition) is 2. The fraction of sp³-hybridized carbons (Fsp3) is 0.364. The Hall–Kier alpha value is -2.70. The van der Waals surface area contributed by atoms with E-state index in [9.17, 15) is 9.59 Å². The van der Waals surface area contributed by atoms with Gasteiger partial charge in [0.2, 0.25) is 11.8 Å². The van der Waals surface area contributed by atoms with E-state index in [-0.39, 0.29) is 18.4 Å². The first-order chi connectivity index (χ1) is 13.6. The van der Waals surface area contributed by atoms with Crippen LogP contribution in [0.2, 0.25) is 0 Å². The van der Waals surface area contributed by atoms with Gasteiger partial charge < -0.3 is 20.3 Å². The van der Waals surface area contributed by atoms with Gasteiger partial charge in [-0.3, -0.25) is 9.59 Å². The minimum absolute atomic E-state index is 0.180. The average molecular weight is 383 g/mol. The molecular formula is C22H29N3O3. The largest absolute Gasteiger partial charge is 0.375 e. The molecule has 0 saturated carbocycles. The summed E-state index contributed by atoms with van der Waals surface area (Å²) in [5, 5.41) is 5.65. The van der Waals surface area contributed by atoms with Crippen LogP contribution in [-0.2, 0) is 27.4 Å². The van der Waals surface area contributed by atoms with Gasteiger partial charge >= 0.3 is 0 Å². The summed E-state index contributed by atoms with van der Waals surface area (Å²) in [6.45, 7) is 0.652. The third-order valence-corrected chi connectivity index (χ3v) is 4.68. The van der Waals surface area contributed by atoms with Crippen molar-refractivity contribution in [1.82, 2.24) is 15.5 Å². The van der Waals surface area contributed by atoms with Crippen LogP contribution in [0.1, 0.15) is 11.1 Å². The van der Waals surface area contributed by atoms with Gasteiger partial charge in [-0.1, -0.05) is 60.7 Å². The van der Waals surface area contributed by atoms with E-state index in [4.69, 9.17) is 4.74 Å². The van der Waals surface area contributed by atoms with Crippen molar-refractivity contribution < 1.29 is 14.3 Å². The second-order valence-corrected chi connectivity index (χ2v) is 6.61. The molecule has 2 aromatic rings. The van der Waals surface area contributed by atoms with Crippen molar-refractivity contribution in [3.8, 4) is 0 Å². The summed E-state index contributed by atoms with van der Waals surface area (Å²) in [6, 6.07) is 18.3. The standard InChI is InChI=1S/C22H29N3O3/c1-23-19(16-28-15-18-12-8-5-9-13-18)22(27)25(3)20(21(26)24-2)14-17-10-6-4-7-11-17/h4-13,19-20,23H,14-16H2,1-3H3,(H,24,26). The van der Waals surface area contributed by atoms with Gasteiger partial charge in [0.05, 0.1) is 13.2 Å². The van der Waals surface area contributed by atoms with Crippen LogP contribution < -0.4 is 10.6 Å². The zero-order valence-electron chi connectivity index (χ0n) is 16.7. The van der Waals surface area contributed by atoms with E-state index in [1.54, 1.807) is 21.1 Å². The van der Waals surface area contributed by atoms with E-state index in [0.29, 0.717) is 13.0 Å². The Morgan fingerprint density at radius 3 is 2.07 bits per heavy atom. The molecule has 150 valence electrons. The quantitative estimate of drug-likeness (QED) is 0.654. The third-order valence-electron chi connectivity index (χ3n) is 4.68. The second-order valence-electron chi connectivity index (χ2n) is 6.61. The van der Waals surface area contributed by atoms with Crippen LogP contribution in [-0.4, -0.2) is 56.5 Å². The number of hydrogen-bond acceptors (Lipinski definition) is 4. The second kappa shape index (κ2) is 11.2. The molecule has 0 bridgehead atoms. The Balaban J connectivity index is 2.00. The van der Waals surface area contributed by atoms with E-state index >= 15 is 0 Å². The molecule has 0 aliphatic carbocycles. The molecule has 0 aromatic heterocycles. The van der Waals surface area contributed by atoms with Gasteiger partial charge in [0.15, 0.2) is 0 Å². The van der Waals surface area contributed by atoms with Crippen LogP contribution in [0.4, 0.5) is 0 Å². The molecule has 2 aromatic carbocycles. The summed E-state index contributed by atoms with van der Waals surface area (Å²) in [7, 11) is 4.96. The summed E-state index contributed by atoms with van der Waals surface area (Å²) >= 11 is 0. The minimum atomic E-state index is -0.593. The van der Waals surface area contributed by atoms with Crippen molar-refractivity contribution in [1.29, 1.82) is 0 Å². The third kappa shape index (κ3) is 6.18. The lowest BCUT2D eigenvalue weighted by Crippen LogP contribution is -2.54. The maximum atomic E-state index is 13.0. The van der Waals surface area contributed by atoms with E-state index in [0.717, 1.165) is 11.1 Å². The molecule has 0 spiro atoms. The molecule has 2 N–H and O–H groups in total. The molecule has 0 saturated heterocycles. The molecule has 2 amide bonds. The van der Waals surface area contributed by atoms with Crippen LogP contribution in [0.15, 0.2) is 60.7 Å². The highest BCUT2D eigenvalue weighted by Crippen LogP contribution is 2.10. The predicted octanol–water partition coefficient (Wildman–Crippen LogP) is 1.61. The average Bonchev–Trinajstić information content (AvgIpc) is 2.75. The van der Waals surface area contributed by atoms with Crippen molar-refractivity contribution in [2.75, 3.05) is 27.7 Å². The van der Waals surface area contributed by atoms with Crippen LogP contribution in [0.3, 0.4) is 0 Å². The lowest BCUT2D eigenvalue weighted by atomic mass is 10.0. The maximum Gasteiger partial charge on any atom is 0.242 e. The smallest absolute Gasteiger partial charge is 0.242 e. The molecular weight excluding hydrogens is 354 g/mol. The van der Waals surface area contributed by atoms with Crippen molar-refractivity contribution in [2.24, 2.45) is 0 Å². The molecule has 2 unspecified atom stereocenters. The molecule has 28 heavy (non-hydrogen) atoms. The van der Waals surface area contributed by atoms with Crippen LogP contribution in [0.5, 0.6) is 0 Å². The van der Waals surface area contributed by atoms with Gasteiger partial charge in [0.25, 0.3) is 0 Å². The van der Waals surface area contributed by atoms with Gasteiger partial charge in [0, 0.05) is 20.5 Å². The van der Waals surface area contributed by atoms with Crippen LogP contribution in [0, 0.1) is 0 Å². The zero-order valence-corrected chi connectivity index (χ0v) is 16.7. The Morgan fingerprint density at radius 2 is 1.54 bits per heavy atom. The molecule has 6 nitrogen and oxygen atoms in total. The molecule has 0 radical (unpaired) electrons. The van der Waals surface area contributed by atoms with Gasteiger partial charge in [-0.2, -0.15) is 0 Å². The number of nitrogens with one attached hydrogen (secondary N) is 2. The highest BCUT2D eigenvalue weighted by atomic mass is 16.5. The number of benzene rings is 2. The van der Waals surface area contributed by atoms with E-state index in [2.05, 4.69) is 10.6 Å². The van der Waals surface area contributed by atoms with Crippen molar-refractivity contribution >= 4 is 11.8 Å². The van der Waals surface area contributed by atoms with Crippen molar-refractivity contribution in [3.05, 3.63) is 71.8 Å². The monoisotopic (exact) mass is 383 g/mol.